The molecule has 0 saturated heterocycles. The summed E-state index contributed by atoms with van der Waals surface area (Å²) in [5.41, 5.74) is 2.89. The van der Waals surface area contributed by atoms with Gasteiger partial charge in [-0.25, -0.2) is 18.2 Å². The molecular formula is C12H15N3O2S. The van der Waals surface area contributed by atoms with Crippen LogP contribution in [0.5, 0.6) is 0 Å². The minimum absolute atomic E-state index is 0.100. The second-order valence-electron chi connectivity index (χ2n) is 4.29. The first-order valence-corrected chi connectivity index (χ1v) is 7.01. The molecule has 5 nitrogen and oxygen atoms in total. The summed E-state index contributed by atoms with van der Waals surface area (Å²) in [7, 11) is -3.74. The van der Waals surface area contributed by atoms with Crippen molar-refractivity contribution in [2.75, 3.05) is 0 Å². The molecule has 0 aliphatic carbocycles. The second kappa shape index (κ2) is 4.22. The van der Waals surface area contributed by atoms with E-state index < -0.39 is 10.0 Å². The van der Waals surface area contributed by atoms with Crippen molar-refractivity contribution in [2.24, 2.45) is 5.14 Å². The van der Waals surface area contributed by atoms with Crippen molar-refractivity contribution >= 4 is 10.0 Å². The number of hydrogen-bond acceptors (Lipinski definition) is 3. The normalized spacial score (nSPS) is 11.8. The van der Waals surface area contributed by atoms with Gasteiger partial charge in [-0.1, -0.05) is 17.7 Å². The molecule has 2 aromatic rings. The van der Waals surface area contributed by atoms with Gasteiger partial charge in [0.15, 0.2) is 0 Å². The fraction of sp³-hybridized carbons (Fsp3) is 0.250. The lowest BCUT2D eigenvalue weighted by Gasteiger charge is -2.05. The molecule has 0 aliphatic heterocycles. The van der Waals surface area contributed by atoms with Gasteiger partial charge in [-0.05, 0) is 32.9 Å². The third-order valence-corrected chi connectivity index (χ3v) is 3.95. The summed E-state index contributed by atoms with van der Waals surface area (Å²) < 4.78 is 24.6. The van der Waals surface area contributed by atoms with E-state index in [0.29, 0.717) is 11.4 Å². The minimum Gasteiger partial charge on any atom is -0.236 e. The lowest BCUT2D eigenvalue weighted by Crippen LogP contribution is -2.14. The second-order valence-corrected chi connectivity index (χ2v) is 5.79. The number of primary sulfonamides is 1. The van der Waals surface area contributed by atoms with Gasteiger partial charge in [-0.3, -0.25) is 0 Å². The number of hydrogen-bond donors (Lipinski definition) is 1. The standard InChI is InChI=1S/C12H15N3O2S/c1-8-4-6-11(7-5-8)15-10(3)12(9(2)14-15)18(13,16)17/h4-7H,1-3H3,(H2,13,16,17). The first-order chi connectivity index (χ1) is 8.30. The molecule has 1 heterocycles. The molecule has 96 valence electrons. The van der Waals surface area contributed by atoms with Gasteiger partial charge < -0.3 is 0 Å². The Labute approximate surface area is 106 Å². The number of nitrogens with two attached hydrogens (primary N) is 1. The van der Waals surface area contributed by atoms with Gasteiger partial charge in [-0.2, -0.15) is 5.10 Å². The summed E-state index contributed by atoms with van der Waals surface area (Å²) in [6.45, 7) is 5.32. The predicted molar refractivity (Wildman–Crippen MR) is 69.1 cm³/mol. The number of nitrogens with zero attached hydrogens (tertiary/aromatic N) is 2. The monoisotopic (exact) mass is 265 g/mol. The molecule has 0 unspecified atom stereocenters. The Balaban J connectivity index is 2.65. The lowest BCUT2D eigenvalue weighted by atomic mass is 10.2. The van der Waals surface area contributed by atoms with E-state index in [9.17, 15) is 8.42 Å². The highest BCUT2D eigenvalue weighted by Gasteiger charge is 2.21. The zero-order chi connectivity index (χ0) is 13.5. The molecule has 0 spiro atoms. The van der Waals surface area contributed by atoms with Crippen LogP contribution in [0.1, 0.15) is 17.0 Å². The minimum atomic E-state index is -3.74. The summed E-state index contributed by atoms with van der Waals surface area (Å²) in [5.74, 6) is 0. The Kier molecular flexibility index (Phi) is 3.00. The molecule has 0 fully saturated rings. The molecule has 0 radical (unpaired) electrons. The molecule has 1 aromatic carbocycles. The fourth-order valence-corrected chi connectivity index (χ4v) is 2.93. The Bertz CT molecular complexity index is 685. The van der Waals surface area contributed by atoms with Gasteiger partial charge in [0.1, 0.15) is 4.90 Å². The molecular weight excluding hydrogens is 250 g/mol. The van der Waals surface area contributed by atoms with Crippen molar-refractivity contribution in [3.05, 3.63) is 41.2 Å². The summed E-state index contributed by atoms with van der Waals surface area (Å²) in [6.07, 6.45) is 0. The van der Waals surface area contributed by atoms with E-state index in [2.05, 4.69) is 5.10 Å². The summed E-state index contributed by atoms with van der Waals surface area (Å²) in [5, 5.41) is 9.43. The summed E-state index contributed by atoms with van der Waals surface area (Å²) in [4.78, 5) is 0.100. The quantitative estimate of drug-likeness (QED) is 0.892. The van der Waals surface area contributed by atoms with Crippen LogP contribution in [0.2, 0.25) is 0 Å². The van der Waals surface area contributed by atoms with Gasteiger partial charge in [0.2, 0.25) is 10.0 Å². The van der Waals surface area contributed by atoms with Crippen molar-refractivity contribution < 1.29 is 8.42 Å². The van der Waals surface area contributed by atoms with Gasteiger partial charge >= 0.3 is 0 Å². The number of aromatic nitrogens is 2. The van der Waals surface area contributed by atoms with Crippen LogP contribution >= 0.6 is 0 Å². The van der Waals surface area contributed by atoms with Gasteiger partial charge in [-0.15, -0.1) is 0 Å². The van der Waals surface area contributed by atoms with Crippen LogP contribution in [0.15, 0.2) is 29.2 Å². The van der Waals surface area contributed by atoms with E-state index in [1.807, 2.05) is 31.2 Å². The highest BCUT2D eigenvalue weighted by molar-refractivity contribution is 7.89. The van der Waals surface area contributed by atoms with Crippen LogP contribution < -0.4 is 5.14 Å². The first kappa shape index (κ1) is 12.8. The third kappa shape index (κ3) is 2.16. The van der Waals surface area contributed by atoms with Crippen LogP contribution in [-0.4, -0.2) is 18.2 Å². The van der Waals surface area contributed by atoms with Crippen molar-refractivity contribution in [2.45, 2.75) is 25.7 Å². The maximum absolute atomic E-state index is 11.5. The largest absolute Gasteiger partial charge is 0.241 e. The van der Waals surface area contributed by atoms with Crippen LogP contribution in [0.4, 0.5) is 0 Å². The lowest BCUT2D eigenvalue weighted by molar-refractivity contribution is 0.596. The number of benzene rings is 1. The third-order valence-electron chi connectivity index (χ3n) is 2.79. The molecule has 0 saturated carbocycles. The average Bonchev–Trinajstić information content (AvgIpc) is 2.54. The topological polar surface area (TPSA) is 78.0 Å². The Morgan fingerprint density at radius 3 is 2.11 bits per heavy atom. The van der Waals surface area contributed by atoms with E-state index in [0.717, 1.165) is 11.3 Å². The first-order valence-electron chi connectivity index (χ1n) is 5.47. The number of rotatable bonds is 2. The van der Waals surface area contributed by atoms with Gasteiger partial charge in [0.05, 0.1) is 17.1 Å². The Hall–Kier alpha value is -1.66. The van der Waals surface area contributed by atoms with Crippen molar-refractivity contribution in [1.29, 1.82) is 0 Å². The SMILES string of the molecule is Cc1ccc(-n2nc(C)c(S(N)(=O)=O)c2C)cc1. The molecule has 0 amide bonds. The van der Waals surface area contributed by atoms with Crippen LogP contribution in [0.25, 0.3) is 5.69 Å². The molecule has 2 N–H and O–H groups in total. The smallest absolute Gasteiger partial charge is 0.236 e. The highest BCUT2D eigenvalue weighted by Crippen LogP contribution is 2.21. The average molecular weight is 265 g/mol. The molecule has 0 aliphatic rings. The molecule has 1 aromatic heterocycles. The van der Waals surface area contributed by atoms with E-state index in [1.54, 1.807) is 18.5 Å². The van der Waals surface area contributed by atoms with Gasteiger partial charge in [0.25, 0.3) is 0 Å². The summed E-state index contributed by atoms with van der Waals surface area (Å²) in [6, 6.07) is 7.67. The number of sulfonamides is 1. The van der Waals surface area contributed by atoms with Crippen molar-refractivity contribution in [3.63, 3.8) is 0 Å². The van der Waals surface area contributed by atoms with E-state index in [-0.39, 0.29) is 4.90 Å². The molecule has 18 heavy (non-hydrogen) atoms. The van der Waals surface area contributed by atoms with Crippen LogP contribution in [0, 0.1) is 20.8 Å². The highest BCUT2D eigenvalue weighted by atomic mass is 32.2. The Morgan fingerprint density at radius 1 is 1.11 bits per heavy atom. The van der Waals surface area contributed by atoms with Crippen molar-refractivity contribution in [3.8, 4) is 5.69 Å². The predicted octanol–water partition coefficient (Wildman–Crippen LogP) is 1.44. The zero-order valence-corrected chi connectivity index (χ0v) is 11.3. The molecule has 2 rings (SSSR count). The van der Waals surface area contributed by atoms with Crippen LogP contribution in [-0.2, 0) is 10.0 Å². The van der Waals surface area contributed by atoms with Gasteiger partial charge in [0, 0.05) is 0 Å². The molecule has 0 atom stereocenters. The van der Waals surface area contributed by atoms with Crippen LogP contribution in [0.3, 0.4) is 0 Å². The zero-order valence-electron chi connectivity index (χ0n) is 10.5. The summed E-state index contributed by atoms with van der Waals surface area (Å²) >= 11 is 0. The maximum atomic E-state index is 11.5. The Morgan fingerprint density at radius 2 is 1.67 bits per heavy atom. The van der Waals surface area contributed by atoms with Crippen molar-refractivity contribution in [1.82, 2.24) is 9.78 Å². The molecule has 6 heteroatoms. The fourth-order valence-electron chi connectivity index (χ4n) is 1.98. The number of aryl methyl sites for hydroxylation is 2. The van der Waals surface area contributed by atoms with E-state index in [4.69, 9.17) is 5.14 Å². The van der Waals surface area contributed by atoms with E-state index in [1.165, 1.54) is 0 Å². The molecule has 0 bridgehead atoms. The van der Waals surface area contributed by atoms with E-state index >= 15 is 0 Å². The maximum Gasteiger partial charge on any atom is 0.241 e.